The van der Waals surface area contributed by atoms with E-state index in [0.29, 0.717) is 23.1 Å². The number of aliphatic carboxylic acids is 1. The van der Waals surface area contributed by atoms with Crippen LogP contribution in [0.4, 0.5) is 13.2 Å². The maximum atomic E-state index is 12.7. The van der Waals surface area contributed by atoms with Crippen LogP contribution in [0.15, 0.2) is 24.3 Å². The number of fused-ring (bicyclic) bond motifs is 1. The number of rotatable bonds is 3. The first kappa shape index (κ1) is 14.4. The Morgan fingerprint density at radius 3 is 2.50 bits per heavy atom. The summed E-state index contributed by atoms with van der Waals surface area (Å²) in [5, 5.41) is 9.48. The van der Waals surface area contributed by atoms with Gasteiger partial charge in [-0.25, -0.2) is 0 Å². The second-order valence-electron chi connectivity index (χ2n) is 4.64. The fourth-order valence-corrected chi connectivity index (χ4v) is 2.31. The number of carbonyl (C=O) groups is 1. The van der Waals surface area contributed by atoms with Gasteiger partial charge in [-0.3, -0.25) is 4.79 Å². The highest BCUT2D eigenvalue weighted by atomic mass is 19.4. The molecule has 1 unspecified atom stereocenters. The molecule has 20 heavy (non-hydrogen) atoms. The van der Waals surface area contributed by atoms with Crippen LogP contribution in [0.5, 0.6) is 0 Å². The summed E-state index contributed by atoms with van der Waals surface area (Å²) in [7, 11) is 0. The molecule has 1 aromatic heterocycles. The number of halogens is 3. The molecule has 1 N–H and O–H groups in total. The molecule has 2 aromatic rings. The van der Waals surface area contributed by atoms with E-state index in [1.54, 1.807) is 4.57 Å². The third-order valence-corrected chi connectivity index (χ3v) is 3.39. The number of hydrogen-bond acceptors (Lipinski definition) is 1. The number of benzene rings is 1. The minimum atomic E-state index is -4.40. The lowest BCUT2D eigenvalue weighted by Crippen LogP contribution is -2.12. The van der Waals surface area contributed by atoms with Crippen LogP contribution in [0.3, 0.4) is 0 Å². The molecule has 0 saturated carbocycles. The molecule has 1 heterocycles. The van der Waals surface area contributed by atoms with Gasteiger partial charge < -0.3 is 9.67 Å². The zero-order valence-corrected chi connectivity index (χ0v) is 11.0. The van der Waals surface area contributed by atoms with E-state index < -0.39 is 23.6 Å². The molecule has 1 aromatic carbocycles. The van der Waals surface area contributed by atoms with E-state index in [-0.39, 0.29) is 0 Å². The zero-order chi connectivity index (χ0) is 15.1. The van der Waals surface area contributed by atoms with Crippen molar-refractivity contribution in [2.45, 2.75) is 32.5 Å². The smallest absolute Gasteiger partial charge is 0.416 e. The fraction of sp³-hybridized carbons (Fsp3) is 0.357. The van der Waals surface area contributed by atoms with Crippen LogP contribution in [-0.4, -0.2) is 15.6 Å². The van der Waals surface area contributed by atoms with Gasteiger partial charge in [0.25, 0.3) is 0 Å². The molecule has 0 aliphatic heterocycles. The maximum absolute atomic E-state index is 12.7. The maximum Gasteiger partial charge on any atom is 0.416 e. The Morgan fingerprint density at radius 2 is 2.00 bits per heavy atom. The monoisotopic (exact) mass is 285 g/mol. The van der Waals surface area contributed by atoms with Crippen molar-refractivity contribution in [2.24, 2.45) is 0 Å². The van der Waals surface area contributed by atoms with Crippen molar-refractivity contribution in [3.63, 3.8) is 0 Å². The third-order valence-electron chi connectivity index (χ3n) is 3.39. The summed E-state index contributed by atoms with van der Waals surface area (Å²) in [6.45, 7) is 3.85. The van der Waals surface area contributed by atoms with E-state index >= 15 is 0 Å². The highest BCUT2D eigenvalue weighted by molar-refractivity contribution is 5.85. The van der Waals surface area contributed by atoms with Crippen molar-refractivity contribution in [1.82, 2.24) is 4.57 Å². The van der Waals surface area contributed by atoms with Gasteiger partial charge in [0, 0.05) is 23.1 Å². The largest absolute Gasteiger partial charge is 0.481 e. The molecule has 0 radical (unpaired) electrons. The van der Waals surface area contributed by atoms with Crippen molar-refractivity contribution >= 4 is 16.9 Å². The normalized spacial score (nSPS) is 13.7. The molecule has 6 heteroatoms. The Labute approximate surface area is 113 Å². The zero-order valence-electron chi connectivity index (χ0n) is 11.0. The number of carboxylic acids is 1. The molecule has 0 amide bonds. The quantitative estimate of drug-likeness (QED) is 0.930. The van der Waals surface area contributed by atoms with Crippen LogP contribution >= 0.6 is 0 Å². The van der Waals surface area contributed by atoms with Crippen molar-refractivity contribution < 1.29 is 23.1 Å². The van der Waals surface area contributed by atoms with E-state index in [2.05, 4.69) is 0 Å². The molecule has 0 bridgehead atoms. The molecule has 0 fully saturated rings. The van der Waals surface area contributed by atoms with Gasteiger partial charge in [0.15, 0.2) is 0 Å². The second kappa shape index (κ2) is 4.85. The predicted octanol–water partition coefficient (Wildman–Crippen LogP) is 3.87. The van der Waals surface area contributed by atoms with Crippen molar-refractivity contribution in [2.75, 3.05) is 0 Å². The Balaban J connectivity index is 2.65. The van der Waals surface area contributed by atoms with Gasteiger partial charge in [-0.1, -0.05) is 0 Å². The van der Waals surface area contributed by atoms with E-state index in [9.17, 15) is 18.0 Å². The molecule has 3 nitrogen and oxygen atoms in total. The lowest BCUT2D eigenvalue weighted by molar-refractivity contribution is -0.139. The average Bonchev–Trinajstić information content (AvgIpc) is 2.73. The van der Waals surface area contributed by atoms with Crippen LogP contribution in [0.25, 0.3) is 10.9 Å². The van der Waals surface area contributed by atoms with Crippen LogP contribution in [0, 0.1) is 0 Å². The molecule has 0 saturated heterocycles. The molecule has 0 spiro atoms. The fourth-order valence-electron chi connectivity index (χ4n) is 2.31. The molecule has 0 aliphatic rings. The van der Waals surface area contributed by atoms with Crippen molar-refractivity contribution in [3.05, 3.63) is 35.5 Å². The first-order valence-electron chi connectivity index (χ1n) is 6.19. The molecule has 0 aliphatic carbocycles. The average molecular weight is 285 g/mol. The van der Waals surface area contributed by atoms with Gasteiger partial charge in [-0.2, -0.15) is 13.2 Å². The summed E-state index contributed by atoms with van der Waals surface area (Å²) in [5.41, 5.74) is 0.394. The van der Waals surface area contributed by atoms with Crippen LogP contribution in [0.1, 0.15) is 31.0 Å². The van der Waals surface area contributed by atoms with Gasteiger partial charge in [-0.05, 0) is 38.1 Å². The second-order valence-corrected chi connectivity index (χ2v) is 4.64. The summed E-state index contributed by atoms with van der Waals surface area (Å²) in [6, 6.07) is 4.98. The van der Waals surface area contributed by atoms with E-state index in [0.717, 1.165) is 12.1 Å². The molecule has 1 atom stereocenters. The standard InChI is InChI=1S/C14H14F3NO2/c1-3-18-11-5-4-10(14(15,16)17)6-9(11)7-12(18)8(2)13(19)20/h4-8H,3H2,1-2H3,(H,19,20). The lowest BCUT2D eigenvalue weighted by Gasteiger charge is -2.11. The van der Waals surface area contributed by atoms with E-state index in [1.807, 2.05) is 6.92 Å². The van der Waals surface area contributed by atoms with Crippen LogP contribution in [-0.2, 0) is 17.5 Å². The van der Waals surface area contributed by atoms with Gasteiger partial charge in [0.1, 0.15) is 0 Å². The topological polar surface area (TPSA) is 42.2 Å². The van der Waals surface area contributed by atoms with E-state index in [4.69, 9.17) is 5.11 Å². The summed E-state index contributed by atoms with van der Waals surface area (Å²) in [4.78, 5) is 11.1. The number of alkyl halides is 3. The Bertz CT molecular complexity index is 658. The molecular weight excluding hydrogens is 271 g/mol. The summed E-state index contributed by atoms with van der Waals surface area (Å²) in [6.07, 6.45) is -4.40. The lowest BCUT2D eigenvalue weighted by atomic mass is 10.1. The first-order valence-corrected chi connectivity index (χ1v) is 6.19. The minimum Gasteiger partial charge on any atom is -0.481 e. The predicted molar refractivity (Wildman–Crippen MR) is 68.7 cm³/mol. The number of nitrogens with zero attached hydrogens (tertiary/aromatic N) is 1. The summed E-state index contributed by atoms with van der Waals surface area (Å²) in [5.74, 6) is -1.77. The number of hydrogen-bond donors (Lipinski definition) is 1. The van der Waals surface area contributed by atoms with Crippen LogP contribution in [0.2, 0.25) is 0 Å². The van der Waals surface area contributed by atoms with Gasteiger partial charge in [0.05, 0.1) is 11.5 Å². The highest BCUT2D eigenvalue weighted by Crippen LogP contribution is 2.33. The Kier molecular flexibility index (Phi) is 3.50. The molecule has 108 valence electrons. The molecular formula is C14H14F3NO2. The third kappa shape index (κ3) is 2.37. The van der Waals surface area contributed by atoms with Gasteiger partial charge in [-0.15, -0.1) is 0 Å². The van der Waals surface area contributed by atoms with Gasteiger partial charge >= 0.3 is 12.1 Å². The number of carboxylic acid groups (broad SMARTS) is 1. The highest BCUT2D eigenvalue weighted by Gasteiger charge is 2.31. The van der Waals surface area contributed by atoms with Crippen molar-refractivity contribution in [1.29, 1.82) is 0 Å². The Morgan fingerprint density at radius 1 is 1.35 bits per heavy atom. The summed E-state index contributed by atoms with van der Waals surface area (Å²) >= 11 is 0. The van der Waals surface area contributed by atoms with Gasteiger partial charge in [0.2, 0.25) is 0 Å². The number of aromatic nitrogens is 1. The summed E-state index contributed by atoms with van der Waals surface area (Å²) < 4.78 is 39.8. The SMILES string of the molecule is CCn1c(C(C)C(=O)O)cc2cc(C(F)(F)F)ccc21. The first-order chi connectivity index (χ1) is 9.25. The van der Waals surface area contributed by atoms with Crippen LogP contribution < -0.4 is 0 Å². The number of aryl methyl sites for hydroxylation is 1. The molecule has 2 rings (SSSR count). The van der Waals surface area contributed by atoms with Crippen molar-refractivity contribution in [3.8, 4) is 0 Å². The van der Waals surface area contributed by atoms with E-state index in [1.165, 1.54) is 19.1 Å². The Hall–Kier alpha value is -1.98. The minimum absolute atomic E-state index is 0.407.